The molecule has 2 aromatic rings. The average molecular weight is 382 g/mol. The van der Waals surface area contributed by atoms with Gasteiger partial charge >= 0.3 is 0 Å². The van der Waals surface area contributed by atoms with Crippen molar-refractivity contribution in [3.05, 3.63) is 60.2 Å². The van der Waals surface area contributed by atoms with Crippen LogP contribution in [-0.4, -0.2) is 54.4 Å². The van der Waals surface area contributed by atoms with E-state index in [9.17, 15) is 9.90 Å². The van der Waals surface area contributed by atoms with Crippen LogP contribution in [0, 0.1) is 5.92 Å². The number of rotatable bonds is 5. The Morgan fingerprint density at radius 3 is 2.64 bits per heavy atom. The van der Waals surface area contributed by atoms with Gasteiger partial charge in [-0.25, -0.2) is 0 Å². The highest BCUT2D eigenvalue weighted by atomic mass is 16.6. The summed E-state index contributed by atoms with van der Waals surface area (Å²) in [7, 11) is 0. The van der Waals surface area contributed by atoms with E-state index in [2.05, 4.69) is 22.3 Å². The topological polar surface area (TPSA) is 71.0 Å². The van der Waals surface area contributed by atoms with Crippen LogP contribution in [0.15, 0.2) is 54.6 Å². The Hall–Kier alpha value is -2.57. The lowest BCUT2D eigenvalue weighted by atomic mass is 9.92. The standard InChI is InChI=1S/C22H26N2O4/c25-14-17-13-24(12-16-6-2-1-3-7-16)11-10-18(17)23-22(26)21-15-27-19-8-4-5-9-20(19)28-21/h1-9,17-18,21,25H,10-15H2,(H,23,26)/t17-,18+,21+/m0/s1. The van der Waals surface area contributed by atoms with E-state index in [0.29, 0.717) is 11.5 Å². The molecule has 6 nitrogen and oxygen atoms in total. The molecule has 4 rings (SSSR count). The highest BCUT2D eigenvalue weighted by Gasteiger charge is 2.34. The van der Waals surface area contributed by atoms with E-state index in [-0.39, 0.29) is 31.1 Å². The van der Waals surface area contributed by atoms with Gasteiger partial charge in [-0.15, -0.1) is 0 Å². The number of piperidine rings is 1. The van der Waals surface area contributed by atoms with Gasteiger partial charge in [0.1, 0.15) is 6.61 Å². The molecule has 1 amide bonds. The number of amides is 1. The number of nitrogens with one attached hydrogen (secondary N) is 1. The molecule has 1 saturated heterocycles. The Morgan fingerprint density at radius 1 is 1.11 bits per heavy atom. The Kier molecular flexibility index (Phi) is 5.78. The van der Waals surface area contributed by atoms with Crippen LogP contribution < -0.4 is 14.8 Å². The fourth-order valence-electron chi connectivity index (χ4n) is 3.89. The van der Waals surface area contributed by atoms with Crippen molar-refractivity contribution in [3.8, 4) is 11.5 Å². The quantitative estimate of drug-likeness (QED) is 0.826. The number of aliphatic hydroxyl groups is 1. The molecule has 2 aromatic carbocycles. The number of para-hydroxylation sites is 2. The summed E-state index contributed by atoms with van der Waals surface area (Å²) in [6, 6.07) is 17.6. The molecule has 0 bridgehead atoms. The van der Waals surface area contributed by atoms with Crippen molar-refractivity contribution >= 4 is 5.91 Å². The summed E-state index contributed by atoms with van der Waals surface area (Å²) >= 11 is 0. The number of carbonyl (C=O) groups excluding carboxylic acids is 1. The van der Waals surface area contributed by atoms with Crippen LogP contribution in [0.25, 0.3) is 0 Å². The molecule has 1 fully saturated rings. The van der Waals surface area contributed by atoms with Crippen molar-refractivity contribution < 1.29 is 19.4 Å². The smallest absolute Gasteiger partial charge is 0.264 e. The number of hydrogen-bond donors (Lipinski definition) is 2. The molecular formula is C22H26N2O4. The first kappa shape index (κ1) is 18.8. The van der Waals surface area contributed by atoms with Gasteiger partial charge in [0.25, 0.3) is 5.91 Å². The minimum Gasteiger partial charge on any atom is -0.485 e. The summed E-state index contributed by atoms with van der Waals surface area (Å²) in [5, 5.41) is 12.9. The summed E-state index contributed by atoms with van der Waals surface area (Å²) < 4.78 is 11.4. The second kappa shape index (κ2) is 8.63. The van der Waals surface area contributed by atoms with E-state index in [1.165, 1.54) is 5.56 Å². The number of fused-ring (bicyclic) bond motifs is 1. The van der Waals surface area contributed by atoms with Crippen LogP contribution in [-0.2, 0) is 11.3 Å². The largest absolute Gasteiger partial charge is 0.485 e. The van der Waals surface area contributed by atoms with Gasteiger partial charge in [-0.05, 0) is 24.1 Å². The summed E-state index contributed by atoms with van der Waals surface area (Å²) in [6.45, 7) is 2.72. The van der Waals surface area contributed by atoms with Gasteiger partial charge in [0, 0.05) is 38.2 Å². The highest BCUT2D eigenvalue weighted by Crippen LogP contribution is 2.31. The Bertz CT molecular complexity index is 798. The van der Waals surface area contributed by atoms with Gasteiger partial charge in [-0.1, -0.05) is 42.5 Å². The Morgan fingerprint density at radius 2 is 1.86 bits per heavy atom. The fourth-order valence-corrected chi connectivity index (χ4v) is 3.89. The Balaban J connectivity index is 1.33. The van der Waals surface area contributed by atoms with Gasteiger partial charge < -0.3 is 19.9 Å². The first-order valence-corrected chi connectivity index (χ1v) is 9.79. The zero-order valence-electron chi connectivity index (χ0n) is 15.8. The maximum Gasteiger partial charge on any atom is 0.264 e. The molecule has 0 saturated carbocycles. The fraction of sp³-hybridized carbons (Fsp3) is 0.409. The minimum absolute atomic E-state index is 0.00166. The number of nitrogens with zero attached hydrogens (tertiary/aromatic N) is 1. The Labute approximate surface area is 165 Å². The van der Waals surface area contributed by atoms with E-state index >= 15 is 0 Å². The molecule has 0 radical (unpaired) electrons. The average Bonchev–Trinajstić information content (AvgIpc) is 2.75. The molecule has 2 heterocycles. The summed E-state index contributed by atoms with van der Waals surface area (Å²) in [5.41, 5.74) is 1.26. The molecule has 2 aliphatic heterocycles. The zero-order chi connectivity index (χ0) is 19.3. The number of hydrogen-bond acceptors (Lipinski definition) is 5. The molecule has 0 unspecified atom stereocenters. The summed E-state index contributed by atoms with van der Waals surface area (Å²) in [5.74, 6) is 1.06. The van der Waals surface area contributed by atoms with Gasteiger partial charge in [0.2, 0.25) is 6.10 Å². The highest BCUT2D eigenvalue weighted by molar-refractivity contribution is 5.82. The van der Waals surface area contributed by atoms with Gasteiger partial charge in [-0.3, -0.25) is 9.69 Å². The number of aliphatic hydroxyl groups excluding tert-OH is 1. The van der Waals surface area contributed by atoms with Crippen molar-refractivity contribution in [1.82, 2.24) is 10.2 Å². The first-order valence-electron chi connectivity index (χ1n) is 9.79. The van der Waals surface area contributed by atoms with Gasteiger partial charge in [0.05, 0.1) is 0 Å². The number of carbonyl (C=O) groups is 1. The zero-order valence-corrected chi connectivity index (χ0v) is 15.8. The maximum absolute atomic E-state index is 12.7. The van der Waals surface area contributed by atoms with E-state index in [0.717, 1.165) is 26.1 Å². The number of benzene rings is 2. The minimum atomic E-state index is -0.670. The molecule has 2 N–H and O–H groups in total. The lowest BCUT2D eigenvalue weighted by Gasteiger charge is -2.39. The van der Waals surface area contributed by atoms with E-state index in [4.69, 9.17) is 9.47 Å². The maximum atomic E-state index is 12.7. The van der Waals surface area contributed by atoms with Crippen LogP contribution in [0.4, 0.5) is 0 Å². The van der Waals surface area contributed by atoms with E-state index in [1.54, 1.807) is 6.07 Å². The van der Waals surface area contributed by atoms with Crippen LogP contribution >= 0.6 is 0 Å². The molecule has 2 aliphatic rings. The molecule has 0 aromatic heterocycles. The SMILES string of the molecule is O=C(N[C@@H]1CCN(Cc2ccccc2)C[C@H]1CO)[C@H]1COc2ccccc2O1. The van der Waals surface area contributed by atoms with Crippen molar-refractivity contribution in [2.45, 2.75) is 25.1 Å². The van der Waals surface area contributed by atoms with Crippen LogP contribution in [0.2, 0.25) is 0 Å². The number of ether oxygens (including phenoxy) is 2. The van der Waals surface area contributed by atoms with Crippen LogP contribution in [0.1, 0.15) is 12.0 Å². The van der Waals surface area contributed by atoms with Crippen LogP contribution in [0.3, 0.4) is 0 Å². The first-order chi connectivity index (χ1) is 13.7. The van der Waals surface area contributed by atoms with E-state index < -0.39 is 6.10 Å². The third-order valence-corrected chi connectivity index (χ3v) is 5.43. The van der Waals surface area contributed by atoms with Gasteiger partial charge in [0.15, 0.2) is 11.5 Å². The lowest BCUT2D eigenvalue weighted by Crippen LogP contribution is -2.55. The molecule has 28 heavy (non-hydrogen) atoms. The van der Waals surface area contributed by atoms with E-state index in [1.807, 2.05) is 36.4 Å². The molecular weight excluding hydrogens is 356 g/mol. The predicted octanol–water partition coefficient (Wildman–Crippen LogP) is 1.83. The molecule has 6 heteroatoms. The monoisotopic (exact) mass is 382 g/mol. The van der Waals surface area contributed by atoms with Crippen molar-refractivity contribution in [3.63, 3.8) is 0 Å². The van der Waals surface area contributed by atoms with Crippen molar-refractivity contribution in [2.24, 2.45) is 5.92 Å². The third kappa shape index (κ3) is 4.29. The second-order valence-corrected chi connectivity index (χ2v) is 7.43. The predicted molar refractivity (Wildman–Crippen MR) is 105 cm³/mol. The molecule has 0 aliphatic carbocycles. The second-order valence-electron chi connectivity index (χ2n) is 7.43. The van der Waals surface area contributed by atoms with Crippen molar-refractivity contribution in [2.75, 3.05) is 26.3 Å². The van der Waals surface area contributed by atoms with Gasteiger partial charge in [-0.2, -0.15) is 0 Å². The molecule has 3 atom stereocenters. The lowest BCUT2D eigenvalue weighted by molar-refractivity contribution is -0.132. The molecule has 0 spiro atoms. The number of likely N-dealkylation sites (tertiary alicyclic amines) is 1. The van der Waals surface area contributed by atoms with Crippen molar-refractivity contribution in [1.29, 1.82) is 0 Å². The summed E-state index contributed by atoms with van der Waals surface area (Å²) in [6.07, 6.45) is 0.130. The third-order valence-electron chi connectivity index (χ3n) is 5.43. The normalized spacial score (nSPS) is 24.5. The van der Waals surface area contributed by atoms with Crippen LogP contribution in [0.5, 0.6) is 11.5 Å². The summed E-state index contributed by atoms with van der Waals surface area (Å²) in [4.78, 5) is 15.0. The molecule has 148 valence electrons.